The number of ether oxygens (including phenoxy) is 1. The summed E-state index contributed by atoms with van der Waals surface area (Å²) in [7, 11) is 0. The number of nitrogens with zero attached hydrogens (tertiary/aromatic N) is 3. The number of nitrogens with one attached hydrogen (secondary N) is 1. The lowest BCUT2D eigenvalue weighted by molar-refractivity contribution is -0.137. The number of aromatic nitrogens is 3. The third kappa shape index (κ3) is 2.37. The third-order valence-corrected chi connectivity index (χ3v) is 2.18. The molecule has 7 nitrogen and oxygen atoms in total. The molecule has 0 aliphatic carbocycles. The molecule has 16 heavy (non-hydrogen) atoms. The molecule has 0 radical (unpaired) electrons. The number of carbonyl (C=O) groups excluding carboxylic acids is 1. The van der Waals surface area contributed by atoms with Gasteiger partial charge in [0.2, 0.25) is 0 Å². The normalized spacial score (nSPS) is 17.8. The number of cyclic esters (lactones) is 1. The molecule has 0 atom stereocenters. The van der Waals surface area contributed by atoms with Crippen molar-refractivity contribution in [2.24, 2.45) is 0 Å². The third-order valence-electron chi connectivity index (χ3n) is 2.18. The molecule has 2 rings (SSSR count). The Morgan fingerprint density at radius 1 is 1.69 bits per heavy atom. The van der Waals surface area contributed by atoms with E-state index in [4.69, 9.17) is 9.84 Å². The zero-order valence-corrected chi connectivity index (χ0v) is 8.59. The summed E-state index contributed by atoms with van der Waals surface area (Å²) in [6, 6.07) is 0. The molecule has 2 heterocycles. The van der Waals surface area contributed by atoms with Gasteiger partial charge in [-0.3, -0.25) is 4.79 Å². The molecule has 1 aliphatic rings. The average Bonchev–Trinajstić information content (AvgIpc) is 2.87. The van der Waals surface area contributed by atoms with E-state index < -0.39 is 0 Å². The summed E-state index contributed by atoms with van der Waals surface area (Å²) in [5.41, 5.74) is 3.87. The highest BCUT2D eigenvalue weighted by Crippen LogP contribution is 2.11. The summed E-state index contributed by atoms with van der Waals surface area (Å²) in [6.45, 7) is 0.693. The van der Waals surface area contributed by atoms with E-state index in [0.29, 0.717) is 25.4 Å². The van der Waals surface area contributed by atoms with Crippen molar-refractivity contribution in [1.29, 1.82) is 0 Å². The average molecular weight is 224 g/mol. The van der Waals surface area contributed by atoms with Crippen LogP contribution in [0.4, 0.5) is 0 Å². The lowest BCUT2D eigenvalue weighted by Gasteiger charge is -2.04. The first kappa shape index (κ1) is 10.6. The molecular formula is C9H12N4O3. The van der Waals surface area contributed by atoms with Crippen LogP contribution >= 0.6 is 0 Å². The highest BCUT2D eigenvalue weighted by atomic mass is 16.5. The number of hydrogen-bond donors (Lipinski definition) is 2. The Morgan fingerprint density at radius 3 is 3.25 bits per heavy atom. The summed E-state index contributed by atoms with van der Waals surface area (Å²) in [5.74, 6) is 0.250. The minimum atomic E-state index is -0.192. The summed E-state index contributed by atoms with van der Waals surface area (Å²) in [4.78, 5) is 16.0. The van der Waals surface area contributed by atoms with Crippen LogP contribution in [0.1, 0.15) is 12.2 Å². The van der Waals surface area contributed by atoms with Crippen molar-refractivity contribution in [2.45, 2.75) is 13.0 Å². The molecule has 1 aromatic heterocycles. The largest absolute Gasteiger partial charge is 0.461 e. The van der Waals surface area contributed by atoms with Crippen molar-refractivity contribution >= 4 is 5.97 Å². The van der Waals surface area contributed by atoms with Gasteiger partial charge in [-0.15, -0.1) is 5.10 Å². The van der Waals surface area contributed by atoms with E-state index in [2.05, 4.69) is 15.5 Å². The standard InChI is InChI=1S/C9H12N4O3/c14-4-8-10-6-12-13(8)11-2-1-7-3-9(15)16-5-7/h1,6,11,14H,2-5H2. The molecule has 7 heteroatoms. The molecule has 1 aromatic rings. The van der Waals surface area contributed by atoms with Crippen molar-refractivity contribution in [3.05, 3.63) is 23.8 Å². The van der Waals surface area contributed by atoms with Crippen molar-refractivity contribution in [2.75, 3.05) is 18.6 Å². The van der Waals surface area contributed by atoms with Gasteiger partial charge in [0.15, 0.2) is 5.82 Å². The quantitative estimate of drug-likeness (QED) is 0.513. The van der Waals surface area contributed by atoms with Crippen LogP contribution in [0.3, 0.4) is 0 Å². The molecular weight excluding hydrogens is 212 g/mol. The Morgan fingerprint density at radius 2 is 2.56 bits per heavy atom. The number of hydrogen-bond acceptors (Lipinski definition) is 6. The number of rotatable bonds is 4. The summed E-state index contributed by atoms with van der Waals surface area (Å²) >= 11 is 0. The SMILES string of the molecule is O=C1CC(=CCNn2ncnc2CO)CO1. The topological polar surface area (TPSA) is 89.3 Å². The fourth-order valence-corrected chi connectivity index (χ4v) is 1.37. The lowest BCUT2D eigenvalue weighted by Crippen LogP contribution is -2.19. The highest BCUT2D eigenvalue weighted by molar-refractivity contribution is 5.75. The molecule has 86 valence electrons. The molecule has 0 unspecified atom stereocenters. The van der Waals surface area contributed by atoms with Crippen LogP contribution in [-0.2, 0) is 16.1 Å². The smallest absolute Gasteiger partial charge is 0.310 e. The van der Waals surface area contributed by atoms with E-state index in [-0.39, 0.29) is 12.6 Å². The van der Waals surface area contributed by atoms with Gasteiger partial charge in [-0.2, -0.15) is 4.79 Å². The van der Waals surface area contributed by atoms with E-state index >= 15 is 0 Å². The molecule has 1 fully saturated rings. The summed E-state index contributed by atoms with van der Waals surface area (Å²) in [6.07, 6.45) is 3.58. The predicted octanol–water partition coefficient (Wildman–Crippen LogP) is -0.813. The number of carbonyl (C=O) groups is 1. The Labute approximate surface area is 91.7 Å². The molecule has 2 N–H and O–H groups in total. The van der Waals surface area contributed by atoms with Crippen molar-refractivity contribution in [1.82, 2.24) is 14.9 Å². The first-order chi connectivity index (χ1) is 7.79. The van der Waals surface area contributed by atoms with E-state index in [0.717, 1.165) is 5.57 Å². The number of aliphatic hydroxyl groups excluding tert-OH is 1. The Bertz CT molecular complexity index is 413. The van der Waals surface area contributed by atoms with Gasteiger partial charge >= 0.3 is 5.97 Å². The van der Waals surface area contributed by atoms with Crippen LogP contribution in [-0.4, -0.2) is 39.1 Å². The fraction of sp³-hybridized carbons (Fsp3) is 0.444. The molecule has 0 saturated carbocycles. The second-order valence-corrected chi connectivity index (χ2v) is 3.31. The Balaban J connectivity index is 1.86. The minimum Gasteiger partial charge on any atom is -0.461 e. The zero-order chi connectivity index (χ0) is 11.4. The van der Waals surface area contributed by atoms with Crippen LogP contribution in [0.25, 0.3) is 0 Å². The van der Waals surface area contributed by atoms with Gasteiger partial charge in [-0.1, -0.05) is 6.08 Å². The number of aliphatic hydroxyl groups is 1. The first-order valence-electron chi connectivity index (χ1n) is 4.87. The van der Waals surface area contributed by atoms with Gasteiger partial charge in [-0.25, -0.2) is 4.98 Å². The second kappa shape index (κ2) is 4.75. The molecule has 0 spiro atoms. The molecule has 1 aliphatic heterocycles. The Kier molecular flexibility index (Phi) is 3.16. The monoisotopic (exact) mass is 224 g/mol. The van der Waals surface area contributed by atoms with E-state index in [9.17, 15) is 4.79 Å². The molecule has 0 amide bonds. The molecule has 0 aromatic carbocycles. The number of esters is 1. The highest BCUT2D eigenvalue weighted by Gasteiger charge is 2.15. The van der Waals surface area contributed by atoms with Gasteiger partial charge in [0, 0.05) is 0 Å². The first-order valence-corrected chi connectivity index (χ1v) is 4.87. The fourth-order valence-electron chi connectivity index (χ4n) is 1.37. The van der Waals surface area contributed by atoms with E-state index in [1.165, 1.54) is 11.1 Å². The van der Waals surface area contributed by atoms with Crippen LogP contribution < -0.4 is 5.43 Å². The maximum Gasteiger partial charge on any atom is 0.310 e. The van der Waals surface area contributed by atoms with E-state index in [1.807, 2.05) is 6.08 Å². The summed E-state index contributed by atoms with van der Waals surface area (Å²) < 4.78 is 4.79. The van der Waals surface area contributed by atoms with Crippen LogP contribution in [0, 0.1) is 0 Å². The maximum atomic E-state index is 10.8. The molecule has 1 saturated heterocycles. The van der Waals surface area contributed by atoms with Crippen LogP contribution in [0.15, 0.2) is 18.0 Å². The van der Waals surface area contributed by atoms with Crippen molar-refractivity contribution in [3.63, 3.8) is 0 Å². The lowest BCUT2D eigenvalue weighted by atomic mass is 10.2. The maximum absolute atomic E-state index is 10.8. The summed E-state index contributed by atoms with van der Waals surface area (Å²) in [5, 5.41) is 12.8. The second-order valence-electron chi connectivity index (χ2n) is 3.31. The van der Waals surface area contributed by atoms with Crippen molar-refractivity contribution < 1.29 is 14.6 Å². The van der Waals surface area contributed by atoms with E-state index in [1.54, 1.807) is 0 Å². The predicted molar refractivity (Wildman–Crippen MR) is 53.8 cm³/mol. The van der Waals surface area contributed by atoms with Crippen LogP contribution in [0.2, 0.25) is 0 Å². The van der Waals surface area contributed by atoms with Gasteiger partial charge in [0.25, 0.3) is 0 Å². The Hall–Kier alpha value is -1.89. The van der Waals surface area contributed by atoms with Gasteiger partial charge in [-0.05, 0) is 5.57 Å². The van der Waals surface area contributed by atoms with Gasteiger partial charge in [0.05, 0.1) is 13.0 Å². The molecule has 0 bridgehead atoms. The minimum absolute atomic E-state index is 0.175. The zero-order valence-electron chi connectivity index (χ0n) is 8.59. The van der Waals surface area contributed by atoms with Gasteiger partial charge in [0.1, 0.15) is 19.5 Å². The van der Waals surface area contributed by atoms with Gasteiger partial charge < -0.3 is 15.3 Å². The van der Waals surface area contributed by atoms with Crippen LogP contribution in [0.5, 0.6) is 0 Å². The van der Waals surface area contributed by atoms with Crippen molar-refractivity contribution in [3.8, 4) is 0 Å².